The number of nitrogens with zero attached hydrogens (tertiary/aromatic N) is 6. The van der Waals surface area contributed by atoms with Crippen molar-refractivity contribution in [1.82, 2.24) is 30.3 Å². The molecule has 0 aromatic carbocycles. The number of rotatable bonds is 4. The lowest BCUT2D eigenvalue weighted by Gasteiger charge is -2.00. The molecule has 2 heterocycles. The molecule has 0 aliphatic carbocycles. The molecule has 0 saturated heterocycles. The van der Waals surface area contributed by atoms with Gasteiger partial charge in [0.05, 0.1) is 0 Å². The predicted octanol–water partition coefficient (Wildman–Crippen LogP) is -0.752. The van der Waals surface area contributed by atoms with Crippen molar-refractivity contribution >= 4 is 5.95 Å². The second-order valence-electron chi connectivity index (χ2n) is 2.64. The zero-order chi connectivity index (χ0) is 9.80. The fourth-order valence-electron chi connectivity index (χ4n) is 0.967. The third-order valence-electron chi connectivity index (χ3n) is 1.65. The molecule has 0 bridgehead atoms. The molecule has 1 N–H and O–H groups in total. The maximum atomic E-state index is 4.82. The average Bonchev–Trinajstić information content (AvgIpc) is 2.78. The third kappa shape index (κ3) is 1.84. The van der Waals surface area contributed by atoms with E-state index in [1.165, 1.54) is 6.33 Å². The van der Waals surface area contributed by atoms with E-state index in [4.69, 9.17) is 4.52 Å². The third-order valence-corrected chi connectivity index (χ3v) is 1.65. The van der Waals surface area contributed by atoms with E-state index in [0.29, 0.717) is 24.8 Å². The molecule has 0 saturated carbocycles. The zero-order valence-electron chi connectivity index (χ0n) is 7.58. The Bertz CT molecular complexity index is 381. The fourth-order valence-corrected chi connectivity index (χ4v) is 0.967. The molecule has 74 valence electrons. The van der Waals surface area contributed by atoms with Crippen LogP contribution < -0.4 is 5.32 Å². The summed E-state index contributed by atoms with van der Waals surface area (Å²) < 4.78 is 6.37. The predicted molar refractivity (Wildman–Crippen MR) is 45.3 cm³/mol. The van der Waals surface area contributed by atoms with Crippen LogP contribution in [0.2, 0.25) is 0 Å². The van der Waals surface area contributed by atoms with Gasteiger partial charge in [-0.2, -0.15) is 4.98 Å². The lowest BCUT2D eigenvalue weighted by atomic mass is 10.4. The minimum absolute atomic E-state index is 0.590. The zero-order valence-corrected chi connectivity index (χ0v) is 7.58. The summed E-state index contributed by atoms with van der Waals surface area (Å²) in [5.41, 5.74) is 0. The summed E-state index contributed by atoms with van der Waals surface area (Å²) in [4.78, 5) is 3.88. The van der Waals surface area contributed by atoms with Crippen molar-refractivity contribution in [1.29, 1.82) is 0 Å². The van der Waals surface area contributed by atoms with Gasteiger partial charge in [-0.1, -0.05) is 10.3 Å². The lowest BCUT2D eigenvalue weighted by Crippen LogP contribution is -2.09. The van der Waals surface area contributed by atoms with E-state index in [2.05, 4.69) is 31.0 Å². The first-order chi connectivity index (χ1) is 6.86. The van der Waals surface area contributed by atoms with Crippen LogP contribution in [0, 0.1) is 0 Å². The Kier molecular flexibility index (Phi) is 2.34. The Labute approximate surface area is 79.3 Å². The number of hydrogen-bond donors (Lipinski definition) is 1. The van der Waals surface area contributed by atoms with E-state index in [0.717, 1.165) is 0 Å². The average molecular weight is 195 g/mol. The van der Waals surface area contributed by atoms with Gasteiger partial charge in [0.1, 0.15) is 0 Å². The summed E-state index contributed by atoms with van der Waals surface area (Å²) in [6.07, 6.45) is 2.02. The standard InChI is InChI=1S/C6H9N7O/c1-13-6(10-11-12-13)7-3-2-5-8-4-9-14-5/h4H,2-3H2,1H3,(H,7,10,12). The monoisotopic (exact) mass is 195 g/mol. The molecule has 0 fully saturated rings. The molecule has 0 amide bonds. The van der Waals surface area contributed by atoms with Crippen LogP contribution in [0.3, 0.4) is 0 Å². The summed E-state index contributed by atoms with van der Waals surface area (Å²) in [5.74, 6) is 1.21. The van der Waals surface area contributed by atoms with Crippen LogP contribution in [-0.2, 0) is 13.5 Å². The van der Waals surface area contributed by atoms with Gasteiger partial charge in [0.15, 0.2) is 6.33 Å². The molecule has 2 rings (SSSR count). The Morgan fingerprint density at radius 2 is 2.50 bits per heavy atom. The van der Waals surface area contributed by atoms with E-state index < -0.39 is 0 Å². The minimum Gasteiger partial charge on any atom is -0.353 e. The molecular formula is C6H9N7O. The van der Waals surface area contributed by atoms with Crippen molar-refractivity contribution in [2.45, 2.75) is 6.42 Å². The van der Waals surface area contributed by atoms with E-state index in [-0.39, 0.29) is 0 Å². The highest BCUT2D eigenvalue weighted by molar-refractivity contribution is 5.20. The van der Waals surface area contributed by atoms with Gasteiger partial charge < -0.3 is 9.84 Å². The topological polar surface area (TPSA) is 94.6 Å². The first-order valence-electron chi connectivity index (χ1n) is 4.08. The van der Waals surface area contributed by atoms with Crippen LogP contribution in [0.15, 0.2) is 10.9 Å². The van der Waals surface area contributed by atoms with Gasteiger partial charge >= 0.3 is 0 Å². The van der Waals surface area contributed by atoms with Gasteiger partial charge in [0.2, 0.25) is 11.8 Å². The summed E-state index contributed by atoms with van der Waals surface area (Å²) >= 11 is 0. The van der Waals surface area contributed by atoms with E-state index in [9.17, 15) is 0 Å². The van der Waals surface area contributed by atoms with Crippen LogP contribution in [0.25, 0.3) is 0 Å². The lowest BCUT2D eigenvalue weighted by molar-refractivity contribution is 0.379. The maximum absolute atomic E-state index is 4.82. The Morgan fingerprint density at radius 3 is 3.14 bits per heavy atom. The molecule has 0 atom stereocenters. The van der Waals surface area contributed by atoms with Gasteiger partial charge in [-0.05, 0) is 10.4 Å². The molecule has 14 heavy (non-hydrogen) atoms. The number of tetrazole rings is 1. The molecule has 0 radical (unpaired) electrons. The second kappa shape index (κ2) is 3.81. The second-order valence-corrected chi connectivity index (χ2v) is 2.64. The van der Waals surface area contributed by atoms with Crippen molar-refractivity contribution in [2.75, 3.05) is 11.9 Å². The van der Waals surface area contributed by atoms with Crippen LogP contribution >= 0.6 is 0 Å². The van der Waals surface area contributed by atoms with Gasteiger partial charge in [-0.15, -0.1) is 0 Å². The fraction of sp³-hybridized carbons (Fsp3) is 0.500. The molecule has 2 aromatic heterocycles. The van der Waals surface area contributed by atoms with E-state index in [1.807, 2.05) is 0 Å². The van der Waals surface area contributed by atoms with Crippen molar-refractivity contribution in [3.05, 3.63) is 12.2 Å². The molecule has 2 aromatic rings. The van der Waals surface area contributed by atoms with Gasteiger partial charge in [-0.25, -0.2) is 4.68 Å². The molecule has 8 nitrogen and oxygen atoms in total. The summed E-state index contributed by atoms with van der Waals surface area (Å²) in [6, 6.07) is 0. The first-order valence-corrected chi connectivity index (χ1v) is 4.08. The number of aromatic nitrogens is 6. The number of hydrogen-bond acceptors (Lipinski definition) is 7. The SMILES string of the molecule is Cn1nnnc1NCCc1ncno1. The van der Waals surface area contributed by atoms with E-state index in [1.54, 1.807) is 11.7 Å². The van der Waals surface area contributed by atoms with Crippen LogP contribution in [0.1, 0.15) is 5.89 Å². The number of anilines is 1. The molecule has 0 spiro atoms. The summed E-state index contributed by atoms with van der Waals surface area (Å²) in [6.45, 7) is 0.649. The first kappa shape index (κ1) is 8.60. The quantitative estimate of drug-likeness (QED) is 0.685. The van der Waals surface area contributed by atoms with Crippen molar-refractivity contribution in [2.24, 2.45) is 7.05 Å². The molecule has 0 aliphatic rings. The maximum Gasteiger partial charge on any atom is 0.242 e. The molecular weight excluding hydrogens is 186 g/mol. The molecule has 8 heteroatoms. The van der Waals surface area contributed by atoms with Crippen molar-refractivity contribution in [3.63, 3.8) is 0 Å². The minimum atomic E-state index is 0.590. The highest BCUT2D eigenvalue weighted by atomic mass is 16.5. The largest absolute Gasteiger partial charge is 0.353 e. The van der Waals surface area contributed by atoms with Gasteiger partial charge in [0.25, 0.3) is 0 Å². The smallest absolute Gasteiger partial charge is 0.242 e. The number of aryl methyl sites for hydroxylation is 1. The van der Waals surface area contributed by atoms with Crippen LogP contribution in [0.5, 0.6) is 0 Å². The van der Waals surface area contributed by atoms with Gasteiger partial charge in [-0.3, -0.25) is 0 Å². The summed E-state index contributed by atoms with van der Waals surface area (Å²) in [5, 5.41) is 17.4. The Balaban J connectivity index is 1.81. The van der Waals surface area contributed by atoms with Crippen molar-refractivity contribution < 1.29 is 4.52 Å². The highest BCUT2D eigenvalue weighted by Gasteiger charge is 2.02. The van der Waals surface area contributed by atoms with Crippen molar-refractivity contribution in [3.8, 4) is 0 Å². The Hall–Kier alpha value is -1.99. The molecule has 0 unspecified atom stereocenters. The molecule has 0 aliphatic heterocycles. The van der Waals surface area contributed by atoms with Crippen LogP contribution in [0.4, 0.5) is 5.95 Å². The van der Waals surface area contributed by atoms with Crippen LogP contribution in [-0.4, -0.2) is 36.9 Å². The normalized spacial score (nSPS) is 10.4. The van der Waals surface area contributed by atoms with E-state index >= 15 is 0 Å². The number of nitrogens with one attached hydrogen (secondary N) is 1. The highest BCUT2D eigenvalue weighted by Crippen LogP contribution is 1.97. The Morgan fingerprint density at radius 1 is 1.57 bits per heavy atom. The summed E-state index contributed by atoms with van der Waals surface area (Å²) in [7, 11) is 1.76. The van der Waals surface area contributed by atoms with Gasteiger partial charge in [0, 0.05) is 20.0 Å².